The van der Waals surface area contributed by atoms with Gasteiger partial charge in [-0.15, -0.1) is 0 Å². The molecule has 2 saturated heterocycles. The van der Waals surface area contributed by atoms with Crippen molar-refractivity contribution in [2.45, 2.75) is 38.8 Å². The molecule has 2 aliphatic heterocycles. The number of hydrogen-bond acceptors (Lipinski definition) is 3. The summed E-state index contributed by atoms with van der Waals surface area (Å²) in [6, 6.07) is 6.95. The summed E-state index contributed by atoms with van der Waals surface area (Å²) in [7, 11) is 2.16. The average molecular weight is 273 g/mol. The number of piperidine rings is 1. The third-order valence-electron chi connectivity index (χ3n) is 4.90. The zero-order valence-electron chi connectivity index (χ0n) is 12.6. The Morgan fingerprint density at radius 2 is 1.85 bits per heavy atom. The Balaban J connectivity index is 1.81. The van der Waals surface area contributed by atoms with Crippen molar-refractivity contribution in [2.24, 2.45) is 5.92 Å². The zero-order valence-corrected chi connectivity index (χ0v) is 12.6. The van der Waals surface area contributed by atoms with Crippen molar-refractivity contribution in [3.63, 3.8) is 0 Å². The van der Waals surface area contributed by atoms with E-state index in [1.807, 2.05) is 19.1 Å². The van der Waals surface area contributed by atoms with Gasteiger partial charge < -0.3 is 4.74 Å². The largest absolute Gasteiger partial charge is 0.378 e. The number of carbonyl (C=O) groups excluding carboxylic acids is 1. The van der Waals surface area contributed by atoms with Crippen molar-refractivity contribution < 1.29 is 9.53 Å². The molecule has 0 aromatic heterocycles. The van der Waals surface area contributed by atoms with E-state index in [9.17, 15) is 4.79 Å². The third-order valence-corrected chi connectivity index (χ3v) is 4.90. The van der Waals surface area contributed by atoms with Crippen molar-refractivity contribution in [1.82, 2.24) is 4.90 Å². The summed E-state index contributed by atoms with van der Waals surface area (Å²) < 4.78 is 5.63. The molecule has 2 atom stereocenters. The summed E-state index contributed by atoms with van der Waals surface area (Å²) >= 11 is 0. The molecule has 3 rings (SSSR count). The van der Waals surface area contributed by atoms with E-state index in [2.05, 4.69) is 24.9 Å². The normalized spacial score (nSPS) is 30.2. The van der Waals surface area contributed by atoms with Gasteiger partial charge >= 0.3 is 0 Å². The van der Waals surface area contributed by atoms with E-state index in [0.717, 1.165) is 37.2 Å². The van der Waals surface area contributed by atoms with Gasteiger partial charge in [-0.05, 0) is 39.3 Å². The van der Waals surface area contributed by atoms with E-state index in [1.54, 1.807) is 0 Å². The first kappa shape index (κ1) is 13.8. The second-order valence-electron chi connectivity index (χ2n) is 6.36. The van der Waals surface area contributed by atoms with Gasteiger partial charge in [-0.2, -0.15) is 0 Å². The number of benzene rings is 1. The number of fused-ring (bicyclic) bond motifs is 2. The van der Waals surface area contributed by atoms with Crippen molar-refractivity contribution in [3.8, 4) is 0 Å². The van der Waals surface area contributed by atoms with E-state index < -0.39 is 0 Å². The molecule has 2 fully saturated rings. The number of aryl methyl sites for hydroxylation is 2. The molecule has 0 spiro atoms. The lowest BCUT2D eigenvalue weighted by Gasteiger charge is -2.46. The first-order valence-electron chi connectivity index (χ1n) is 7.47. The highest BCUT2D eigenvalue weighted by Gasteiger charge is 2.39. The van der Waals surface area contributed by atoms with E-state index >= 15 is 0 Å². The van der Waals surface area contributed by atoms with Gasteiger partial charge in [0.15, 0.2) is 5.78 Å². The Labute approximate surface area is 120 Å². The smallest absolute Gasteiger partial charge is 0.166 e. The van der Waals surface area contributed by atoms with Crippen LogP contribution < -0.4 is 0 Å². The van der Waals surface area contributed by atoms with Crippen LogP contribution in [0.25, 0.3) is 0 Å². The Bertz CT molecular complexity index is 512. The monoisotopic (exact) mass is 273 g/mol. The van der Waals surface area contributed by atoms with Crippen molar-refractivity contribution in [2.75, 3.05) is 20.3 Å². The lowest BCUT2D eigenvalue weighted by Crippen LogP contribution is -2.55. The highest BCUT2D eigenvalue weighted by atomic mass is 16.5. The van der Waals surface area contributed by atoms with Crippen LogP contribution in [0.15, 0.2) is 18.2 Å². The van der Waals surface area contributed by atoms with E-state index in [4.69, 9.17) is 4.74 Å². The minimum atomic E-state index is 0.159. The summed E-state index contributed by atoms with van der Waals surface area (Å²) in [6.07, 6.45) is 1.86. The van der Waals surface area contributed by atoms with Gasteiger partial charge in [0.25, 0.3) is 0 Å². The average Bonchev–Trinajstić information content (AvgIpc) is 2.37. The summed E-state index contributed by atoms with van der Waals surface area (Å²) in [5.41, 5.74) is 3.23. The molecule has 3 heteroatoms. The number of ether oxygens (including phenoxy) is 1. The van der Waals surface area contributed by atoms with Gasteiger partial charge in [-0.25, -0.2) is 0 Å². The molecule has 0 aliphatic carbocycles. The zero-order chi connectivity index (χ0) is 14.3. The van der Waals surface area contributed by atoms with Gasteiger partial charge in [-0.3, -0.25) is 9.69 Å². The lowest BCUT2D eigenvalue weighted by atomic mass is 9.80. The van der Waals surface area contributed by atoms with Crippen LogP contribution >= 0.6 is 0 Å². The Kier molecular flexibility index (Phi) is 3.65. The van der Waals surface area contributed by atoms with Gasteiger partial charge in [-0.1, -0.05) is 23.8 Å². The number of morpholine rings is 1. The molecule has 2 aliphatic rings. The highest BCUT2D eigenvalue weighted by molar-refractivity contribution is 5.99. The second-order valence-corrected chi connectivity index (χ2v) is 6.36. The van der Waals surface area contributed by atoms with Gasteiger partial charge in [0.1, 0.15) is 0 Å². The maximum atomic E-state index is 12.8. The van der Waals surface area contributed by atoms with Crippen LogP contribution in [0.2, 0.25) is 0 Å². The number of ketones is 1. The molecule has 0 radical (unpaired) electrons. The minimum Gasteiger partial charge on any atom is -0.378 e. The molecule has 0 saturated carbocycles. The molecule has 0 amide bonds. The number of likely N-dealkylation sites (N-methyl/N-ethyl adjacent to an activating group) is 1. The maximum Gasteiger partial charge on any atom is 0.166 e. The number of carbonyl (C=O) groups is 1. The lowest BCUT2D eigenvalue weighted by molar-refractivity contribution is -0.0702. The quantitative estimate of drug-likeness (QED) is 0.776. The summed E-state index contributed by atoms with van der Waals surface area (Å²) in [5.74, 6) is 0.485. The summed E-state index contributed by atoms with van der Waals surface area (Å²) in [6.45, 7) is 5.64. The molecule has 0 N–H and O–H groups in total. The number of hydrogen-bond donors (Lipinski definition) is 0. The molecule has 20 heavy (non-hydrogen) atoms. The number of rotatable bonds is 2. The standard InChI is InChI=1S/C17H23NO2/c1-11-4-5-16(12(2)6-11)17(19)13-7-14-9-20-10-15(8-13)18(14)3/h4-6,13-15H,7-10H2,1-3H3. The molecular formula is C17H23NO2. The van der Waals surface area contributed by atoms with Crippen LogP contribution in [0.1, 0.15) is 34.3 Å². The molecule has 1 aromatic rings. The Hall–Kier alpha value is -1.19. The van der Waals surface area contributed by atoms with E-state index in [1.165, 1.54) is 5.56 Å². The fourth-order valence-electron chi connectivity index (χ4n) is 3.62. The first-order valence-corrected chi connectivity index (χ1v) is 7.47. The van der Waals surface area contributed by atoms with Gasteiger partial charge in [0, 0.05) is 23.6 Å². The Morgan fingerprint density at radius 3 is 2.45 bits per heavy atom. The second kappa shape index (κ2) is 5.30. The minimum absolute atomic E-state index is 0.159. The van der Waals surface area contributed by atoms with Crippen LogP contribution in [-0.2, 0) is 4.74 Å². The maximum absolute atomic E-state index is 12.8. The summed E-state index contributed by atoms with van der Waals surface area (Å²) in [4.78, 5) is 15.2. The molecule has 2 unspecified atom stereocenters. The predicted molar refractivity (Wildman–Crippen MR) is 79.1 cm³/mol. The van der Waals surface area contributed by atoms with Crippen molar-refractivity contribution >= 4 is 5.78 Å². The van der Waals surface area contributed by atoms with E-state index in [-0.39, 0.29) is 5.92 Å². The Morgan fingerprint density at radius 1 is 1.20 bits per heavy atom. The fourth-order valence-corrected chi connectivity index (χ4v) is 3.62. The highest BCUT2D eigenvalue weighted by Crippen LogP contribution is 2.32. The summed E-state index contributed by atoms with van der Waals surface area (Å²) in [5, 5.41) is 0. The van der Waals surface area contributed by atoms with Gasteiger partial charge in [0.2, 0.25) is 0 Å². The molecule has 1 aromatic carbocycles. The van der Waals surface area contributed by atoms with Crippen LogP contribution in [0.5, 0.6) is 0 Å². The molecular weight excluding hydrogens is 250 g/mol. The van der Waals surface area contributed by atoms with Crippen LogP contribution in [0, 0.1) is 19.8 Å². The van der Waals surface area contributed by atoms with Gasteiger partial charge in [0.05, 0.1) is 13.2 Å². The molecule has 2 bridgehead atoms. The molecule has 3 nitrogen and oxygen atoms in total. The predicted octanol–water partition coefficient (Wildman–Crippen LogP) is 2.60. The van der Waals surface area contributed by atoms with Crippen LogP contribution in [-0.4, -0.2) is 43.0 Å². The third kappa shape index (κ3) is 2.40. The van der Waals surface area contributed by atoms with Crippen LogP contribution in [0.3, 0.4) is 0 Å². The van der Waals surface area contributed by atoms with Crippen molar-refractivity contribution in [1.29, 1.82) is 0 Å². The topological polar surface area (TPSA) is 29.5 Å². The first-order chi connectivity index (χ1) is 9.56. The van der Waals surface area contributed by atoms with Crippen molar-refractivity contribution in [3.05, 3.63) is 34.9 Å². The van der Waals surface area contributed by atoms with Crippen LogP contribution in [0.4, 0.5) is 0 Å². The number of nitrogens with zero attached hydrogens (tertiary/aromatic N) is 1. The SMILES string of the molecule is Cc1ccc(C(=O)C2CC3COCC(C2)N3C)c(C)c1. The van der Waals surface area contributed by atoms with E-state index in [0.29, 0.717) is 17.9 Å². The molecule has 108 valence electrons. The fraction of sp³-hybridized carbons (Fsp3) is 0.588. The number of Topliss-reactive ketones (excluding diaryl/α,β-unsaturated/α-hetero) is 1. The molecule has 2 heterocycles.